The van der Waals surface area contributed by atoms with Crippen LogP contribution in [0.25, 0.3) is 0 Å². The van der Waals surface area contributed by atoms with Gasteiger partial charge in [0.15, 0.2) is 0 Å². The molecule has 0 bridgehead atoms. The van der Waals surface area contributed by atoms with Gasteiger partial charge in [0.2, 0.25) is 0 Å². The summed E-state index contributed by atoms with van der Waals surface area (Å²) in [6.45, 7) is 3.19. The number of carbonyl (C=O) groups excluding carboxylic acids is 1. The lowest BCUT2D eigenvalue weighted by molar-refractivity contribution is 0.121. The first-order chi connectivity index (χ1) is 8.69. The van der Waals surface area contributed by atoms with Gasteiger partial charge in [-0.15, -0.1) is 0 Å². The molecular weight excluding hydrogens is 294 g/mol. The molecule has 0 unspecified atom stereocenters. The molecule has 0 saturated carbocycles. The minimum Gasteiger partial charge on any atom is -0.446 e. The number of anilines is 2. The maximum Gasteiger partial charge on any atom is 0.422 e. The zero-order chi connectivity index (χ0) is 14.6. The van der Waals surface area contributed by atoms with Crippen LogP contribution >= 0.6 is 11.6 Å². The zero-order valence-electron chi connectivity index (χ0n) is 10.3. The third-order valence-electron chi connectivity index (χ3n) is 1.82. The molecule has 106 valence electrons. The van der Waals surface area contributed by atoms with E-state index in [2.05, 4.69) is 9.46 Å². The van der Waals surface area contributed by atoms with Crippen LogP contribution in [0.5, 0.6) is 0 Å². The van der Waals surface area contributed by atoms with Gasteiger partial charge in [-0.05, 0) is 32.0 Å². The number of halogens is 1. The number of nitrogens with two attached hydrogens (primary N) is 1. The molecule has 19 heavy (non-hydrogen) atoms. The first-order valence-corrected chi connectivity index (χ1v) is 7.12. The number of ether oxygens (including phenoxy) is 1. The van der Waals surface area contributed by atoms with E-state index in [0.717, 1.165) is 0 Å². The van der Waals surface area contributed by atoms with Crippen molar-refractivity contribution in [1.82, 2.24) is 4.72 Å². The minimum absolute atomic E-state index is 0.106. The highest BCUT2D eigenvalue weighted by atomic mass is 35.5. The van der Waals surface area contributed by atoms with Gasteiger partial charge < -0.3 is 10.5 Å². The Bertz CT molecular complexity index is 574. The Labute approximate surface area is 116 Å². The summed E-state index contributed by atoms with van der Waals surface area (Å²) in [4.78, 5) is 11.2. The van der Waals surface area contributed by atoms with E-state index >= 15 is 0 Å². The van der Waals surface area contributed by atoms with Crippen LogP contribution in [-0.4, -0.2) is 20.6 Å². The van der Waals surface area contributed by atoms with Crippen LogP contribution in [0.2, 0.25) is 5.02 Å². The van der Waals surface area contributed by atoms with Gasteiger partial charge in [-0.1, -0.05) is 11.6 Å². The van der Waals surface area contributed by atoms with Gasteiger partial charge in [-0.3, -0.25) is 4.72 Å². The van der Waals surface area contributed by atoms with Crippen molar-refractivity contribution >= 4 is 39.3 Å². The Kier molecular flexibility index (Phi) is 4.84. The van der Waals surface area contributed by atoms with E-state index in [1.807, 2.05) is 0 Å². The Morgan fingerprint density at radius 3 is 2.58 bits per heavy atom. The number of nitrogen functional groups attached to an aromatic ring is 1. The average molecular weight is 308 g/mol. The lowest BCUT2D eigenvalue weighted by Crippen LogP contribution is -2.36. The van der Waals surface area contributed by atoms with Crippen LogP contribution in [0.1, 0.15) is 13.8 Å². The van der Waals surface area contributed by atoms with Crippen LogP contribution in [0.3, 0.4) is 0 Å². The molecule has 0 fully saturated rings. The molecule has 0 aliphatic heterocycles. The fraction of sp³-hybridized carbons (Fsp3) is 0.300. The number of hydrogen-bond acceptors (Lipinski definition) is 5. The van der Waals surface area contributed by atoms with Gasteiger partial charge in [0.05, 0.1) is 17.5 Å². The minimum atomic E-state index is -4.11. The van der Waals surface area contributed by atoms with Crippen molar-refractivity contribution in [1.29, 1.82) is 0 Å². The molecule has 1 aromatic carbocycles. The van der Waals surface area contributed by atoms with Crippen molar-refractivity contribution in [2.24, 2.45) is 0 Å². The Balaban J connectivity index is 2.77. The molecule has 7 nitrogen and oxygen atoms in total. The van der Waals surface area contributed by atoms with E-state index in [4.69, 9.17) is 17.3 Å². The lowest BCUT2D eigenvalue weighted by Gasteiger charge is -2.12. The number of nitrogens with one attached hydrogen (secondary N) is 2. The number of rotatable bonds is 4. The van der Waals surface area contributed by atoms with Crippen molar-refractivity contribution in [2.75, 3.05) is 10.5 Å². The molecule has 1 aromatic rings. The predicted octanol–water partition coefficient (Wildman–Crippen LogP) is 1.71. The summed E-state index contributed by atoms with van der Waals surface area (Å²) in [5.74, 6) is 0. The summed E-state index contributed by atoms with van der Waals surface area (Å²) in [7, 11) is -4.11. The molecule has 1 amide bonds. The Morgan fingerprint density at radius 1 is 1.42 bits per heavy atom. The Morgan fingerprint density at radius 2 is 2.05 bits per heavy atom. The third kappa shape index (κ3) is 5.23. The molecule has 0 spiro atoms. The normalized spacial score (nSPS) is 11.2. The Hall–Kier alpha value is -1.67. The molecule has 0 radical (unpaired) electrons. The molecule has 0 saturated heterocycles. The zero-order valence-corrected chi connectivity index (χ0v) is 11.9. The van der Waals surface area contributed by atoms with Gasteiger partial charge in [-0.2, -0.15) is 8.42 Å². The first-order valence-electron chi connectivity index (χ1n) is 5.26. The van der Waals surface area contributed by atoms with Crippen LogP contribution in [0.4, 0.5) is 16.2 Å². The van der Waals surface area contributed by atoms with Crippen molar-refractivity contribution in [3.05, 3.63) is 23.2 Å². The molecule has 0 aromatic heterocycles. The summed E-state index contributed by atoms with van der Waals surface area (Å²) in [6.07, 6.45) is -1.51. The van der Waals surface area contributed by atoms with E-state index in [0.29, 0.717) is 5.02 Å². The molecular formula is C10H14ClN3O4S. The standard InChI is InChI=1S/C10H14ClN3O4S/c1-6(2)18-10(15)14-19(16,17)13-9-4-3-7(11)5-8(9)12/h3-6,13H,12H2,1-2H3,(H,14,15). The van der Waals surface area contributed by atoms with Crippen molar-refractivity contribution in [3.8, 4) is 0 Å². The quantitative estimate of drug-likeness (QED) is 0.733. The van der Waals surface area contributed by atoms with E-state index in [1.54, 1.807) is 18.6 Å². The fourth-order valence-electron chi connectivity index (χ4n) is 1.14. The average Bonchev–Trinajstić information content (AvgIpc) is 2.19. The molecule has 0 heterocycles. The second-order valence-electron chi connectivity index (χ2n) is 3.89. The maximum atomic E-state index is 11.6. The third-order valence-corrected chi connectivity index (χ3v) is 2.98. The molecule has 0 atom stereocenters. The SMILES string of the molecule is CC(C)OC(=O)NS(=O)(=O)Nc1ccc(Cl)cc1N. The van der Waals surface area contributed by atoms with Gasteiger partial charge >= 0.3 is 16.3 Å². The van der Waals surface area contributed by atoms with Crippen molar-refractivity contribution in [3.63, 3.8) is 0 Å². The molecule has 1 rings (SSSR count). The van der Waals surface area contributed by atoms with Gasteiger partial charge in [0.25, 0.3) is 0 Å². The highest BCUT2D eigenvalue weighted by Gasteiger charge is 2.17. The molecule has 4 N–H and O–H groups in total. The number of benzene rings is 1. The summed E-state index contributed by atoms with van der Waals surface area (Å²) < 4.78 is 31.7. The lowest BCUT2D eigenvalue weighted by atomic mass is 10.3. The van der Waals surface area contributed by atoms with Crippen molar-refractivity contribution in [2.45, 2.75) is 20.0 Å². The monoisotopic (exact) mass is 307 g/mol. The highest BCUT2D eigenvalue weighted by Crippen LogP contribution is 2.23. The summed E-state index contributed by atoms with van der Waals surface area (Å²) in [6, 6.07) is 4.22. The predicted molar refractivity (Wildman–Crippen MR) is 73.2 cm³/mol. The van der Waals surface area contributed by atoms with Crippen LogP contribution in [0.15, 0.2) is 18.2 Å². The van der Waals surface area contributed by atoms with E-state index in [-0.39, 0.29) is 11.4 Å². The summed E-state index contributed by atoms with van der Waals surface area (Å²) in [5.41, 5.74) is 5.82. The number of hydrogen-bond donors (Lipinski definition) is 3. The highest BCUT2D eigenvalue weighted by molar-refractivity contribution is 7.91. The largest absolute Gasteiger partial charge is 0.446 e. The summed E-state index contributed by atoms with van der Waals surface area (Å²) >= 11 is 5.68. The van der Waals surface area contributed by atoms with Gasteiger partial charge in [-0.25, -0.2) is 9.52 Å². The van der Waals surface area contributed by atoms with Gasteiger partial charge in [0.1, 0.15) is 0 Å². The fourth-order valence-corrected chi connectivity index (χ4v) is 2.12. The van der Waals surface area contributed by atoms with E-state index in [9.17, 15) is 13.2 Å². The first kappa shape index (κ1) is 15.4. The smallest absolute Gasteiger partial charge is 0.422 e. The van der Waals surface area contributed by atoms with Crippen LogP contribution in [-0.2, 0) is 14.9 Å². The topological polar surface area (TPSA) is 111 Å². The number of carbonyl (C=O) groups is 1. The second-order valence-corrected chi connectivity index (χ2v) is 5.74. The van der Waals surface area contributed by atoms with Crippen molar-refractivity contribution < 1.29 is 17.9 Å². The molecule has 0 aliphatic carbocycles. The summed E-state index contributed by atoms with van der Waals surface area (Å²) in [5, 5.41) is 0.368. The van der Waals surface area contributed by atoms with Gasteiger partial charge in [0, 0.05) is 5.02 Å². The molecule has 0 aliphatic rings. The second kappa shape index (κ2) is 5.98. The van der Waals surface area contributed by atoms with Crippen LogP contribution in [0, 0.1) is 0 Å². The number of amides is 1. The van der Waals surface area contributed by atoms with E-state index < -0.39 is 22.4 Å². The van der Waals surface area contributed by atoms with Crippen LogP contribution < -0.4 is 15.2 Å². The van der Waals surface area contributed by atoms with E-state index in [1.165, 1.54) is 18.2 Å². The maximum absolute atomic E-state index is 11.6. The molecule has 9 heteroatoms.